The molecule has 0 aliphatic heterocycles. The molecule has 0 saturated heterocycles. The second-order valence-electron chi connectivity index (χ2n) is 9.41. The van der Waals surface area contributed by atoms with E-state index in [-0.39, 0.29) is 11.9 Å². The number of thiophene rings is 1. The highest BCUT2D eigenvalue weighted by Crippen LogP contribution is 2.61. The van der Waals surface area contributed by atoms with Gasteiger partial charge in [0.2, 0.25) is 0 Å². The second kappa shape index (κ2) is 10.4. The van der Waals surface area contributed by atoms with Crippen molar-refractivity contribution in [2.75, 3.05) is 0 Å². The van der Waals surface area contributed by atoms with Gasteiger partial charge in [-0.2, -0.15) is 10.4 Å². The summed E-state index contributed by atoms with van der Waals surface area (Å²) in [5.41, 5.74) is 3.84. The number of nitrogens with one attached hydrogen (secondary N) is 1. The van der Waals surface area contributed by atoms with Gasteiger partial charge in [-0.05, 0) is 95.4 Å². The summed E-state index contributed by atoms with van der Waals surface area (Å²) >= 11 is 9.13. The summed E-state index contributed by atoms with van der Waals surface area (Å²) in [5, 5.41) is 16.2. The van der Waals surface area contributed by atoms with E-state index < -0.39 is 12.0 Å². The molecular formula is C24H24BrFI2N4OP2S. The number of amides is 1. The molecule has 36 heavy (non-hydrogen) atoms. The van der Waals surface area contributed by atoms with E-state index in [4.69, 9.17) is 0 Å². The van der Waals surface area contributed by atoms with Crippen molar-refractivity contribution >= 4 is 96.8 Å². The third kappa shape index (κ3) is 5.44. The van der Waals surface area contributed by atoms with Crippen LogP contribution in [0.1, 0.15) is 53.1 Å². The van der Waals surface area contributed by atoms with Crippen LogP contribution in [0.3, 0.4) is 0 Å². The lowest BCUT2D eigenvalue weighted by Gasteiger charge is -2.46. The van der Waals surface area contributed by atoms with Crippen molar-refractivity contribution in [1.29, 1.82) is 5.26 Å². The van der Waals surface area contributed by atoms with Crippen LogP contribution < -0.4 is 5.32 Å². The first-order chi connectivity index (χ1) is 16.7. The van der Waals surface area contributed by atoms with Gasteiger partial charge >= 0.3 is 0 Å². The molecule has 1 aliphatic carbocycles. The quantitative estimate of drug-likeness (QED) is 0.151. The van der Waals surface area contributed by atoms with Crippen molar-refractivity contribution in [2.45, 2.75) is 51.6 Å². The van der Waals surface area contributed by atoms with E-state index in [0.29, 0.717) is 10.4 Å². The lowest BCUT2D eigenvalue weighted by Crippen LogP contribution is -2.47. The van der Waals surface area contributed by atoms with Gasteiger partial charge in [-0.25, -0.2) is 9.07 Å². The van der Waals surface area contributed by atoms with Crippen LogP contribution in [0.5, 0.6) is 0 Å². The fourth-order valence-electron chi connectivity index (χ4n) is 4.03. The molecule has 2 heterocycles. The van der Waals surface area contributed by atoms with E-state index in [9.17, 15) is 10.1 Å². The summed E-state index contributed by atoms with van der Waals surface area (Å²) in [7, 11) is 5.10. The zero-order valence-electron chi connectivity index (χ0n) is 19.7. The first kappa shape index (κ1) is 28.8. The molecule has 190 valence electrons. The molecular weight excluding hydrogens is 807 g/mol. The lowest BCUT2D eigenvalue weighted by atomic mass is 9.86. The third-order valence-corrected chi connectivity index (χ3v) is 13.1. The molecule has 4 atom stereocenters. The molecule has 4 unspecified atom stereocenters. The number of alkyl halides is 3. The Morgan fingerprint density at radius 2 is 2.00 bits per heavy atom. The number of carbonyl (C=O) groups excluding carboxylic acids is 1. The molecule has 1 fully saturated rings. The molecule has 0 bridgehead atoms. The van der Waals surface area contributed by atoms with E-state index in [1.54, 1.807) is 16.9 Å². The molecule has 1 aromatic carbocycles. The summed E-state index contributed by atoms with van der Waals surface area (Å²) in [4.78, 5) is 13.8. The van der Waals surface area contributed by atoms with Crippen molar-refractivity contribution in [1.82, 2.24) is 15.1 Å². The first-order valence-corrected chi connectivity index (χ1v) is 15.9. The SMILES string of the molecule is Cc1cc(C(P)(C(C)(C)I)C(F)(P)I)cc(Br)c1-n1cc(-c2cc(C(=O)NC3CC3)c(C#N)s2)cn1. The maximum Gasteiger partial charge on any atom is 0.253 e. The average Bonchev–Trinajstić information content (AvgIpc) is 3.27. The number of aryl methyl sites for hydroxylation is 1. The number of halogens is 4. The third-order valence-electron chi connectivity index (χ3n) is 6.26. The van der Waals surface area contributed by atoms with Gasteiger partial charge in [0.05, 0.1) is 22.6 Å². The second-order valence-corrected chi connectivity index (χ2v) is 18.4. The highest BCUT2D eigenvalue weighted by Gasteiger charge is 2.54. The Labute approximate surface area is 254 Å². The van der Waals surface area contributed by atoms with Gasteiger partial charge in [0.1, 0.15) is 10.9 Å². The Kier molecular flexibility index (Phi) is 8.34. The highest BCUT2D eigenvalue weighted by molar-refractivity contribution is 14.1. The van der Waals surface area contributed by atoms with Crippen LogP contribution in [0.25, 0.3) is 16.1 Å². The van der Waals surface area contributed by atoms with Gasteiger partial charge in [0.15, 0.2) is 3.42 Å². The minimum atomic E-state index is -1.60. The van der Waals surface area contributed by atoms with Crippen molar-refractivity contribution < 1.29 is 9.18 Å². The van der Waals surface area contributed by atoms with Crippen LogP contribution in [0, 0.1) is 18.3 Å². The normalized spacial score (nSPS) is 17.2. The zero-order chi connectivity index (χ0) is 26.6. The zero-order valence-corrected chi connectivity index (χ0v) is 28.7. The molecule has 2 aromatic heterocycles. The molecule has 12 heteroatoms. The average molecular weight is 831 g/mol. The summed E-state index contributed by atoms with van der Waals surface area (Å²) in [6.07, 6.45) is 5.58. The van der Waals surface area contributed by atoms with E-state index in [0.717, 1.165) is 44.6 Å². The van der Waals surface area contributed by atoms with Crippen molar-refractivity contribution in [3.8, 4) is 22.2 Å². The Hall–Kier alpha value is -0.180. The van der Waals surface area contributed by atoms with Crippen molar-refractivity contribution in [3.05, 3.63) is 56.6 Å². The monoisotopic (exact) mass is 830 g/mol. The predicted molar refractivity (Wildman–Crippen MR) is 172 cm³/mol. The Morgan fingerprint density at radius 3 is 2.53 bits per heavy atom. The van der Waals surface area contributed by atoms with E-state index in [1.807, 2.05) is 61.7 Å². The summed E-state index contributed by atoms with van der Waals surface area (Å²) in [6, 6.07) is 8.09. The standard InChI is InChI=1S/C24H24BrFI2N4OP2S/c1-12-6-14(23(34,22(2,3)27)24(26,28)35)7-17(25)20(12)32-11-13(10-30-32)18-8-16(19(9-29)36-18)21(33)31-15-4-5-15/h6-8,10-11,15H,4-5,34-35H2,1-3H3,(H,31,33). The predicted octanol–water partition coefficient (Wildman–Crippen LogP) is 7.65. The maximum absolute atomic E-state index is 15.5. The smallest absolute Gasteiger partial charge is 0.253 e. The largest absolute Gasteiger partial charge is 0.349 e. The molecule has 0 radical (unpaired) electrons. The molecule has 4 rings (SSSR count). The van der Waals surface area contributed by atoms with Crippen LogP contribution >= 0.6 is 90.9 Å². The topological polar surface area (TPSA) is 70.7 Å². The minimum Gasteiger partial charge on any atom is -0.349 e. The van der Waals surface area contributed by atoms with Gasteiger partial charge < -0.3 is 5.32 Å². The Bertz CT molecular complexity index is 1350. The van der Waals surface area contributed by atoms with Gasteiger partial charge in [0, 0.05) is 30.6 Å². The van der Waals surface area contributed by atoms with E-state index in [2.05, 4.69) is 73.5 Å². The number of nitrogens with zero attached hydrogens (tertiary/aromatic N) is 3. The molecule has 1 aliphatic rings. The van der Waals surface area contributed by atoms with Gasteiger partial charge in [-0.15, -0.1) is 20.6 Å². The fraction of sp³-hybridized carbons (Fsp3) is 0.375. The first-order valence-electron chi connectivity index (χ1n) is 11.0. The van der Waals surface area contributed by atoms with Crippen LogP contribution in [0.15, 0.2) is 35.1 Å². The molecule has 3 aromatic rings. The summed E-state index contributed by atoms with van der Waals surface area (Å²) in [5.74, 6) is -0.203. The number of hydrogen-bond donors (Lipinski definition) is 1. The minimum absolute atomic E-state index is 0.203. The van der Waals surface area contributed by atoms with Gasteiger partial charge in [-0.3, -0.25) is 4.79 Å². The van der Waals surface area contributed by atoms with Crippen molar-refractivity contribution in [2.24, 2.45) is 0 Å². The molecule has 1 N–H and O–H groups in total. The lowest BCUT2D eigenvalue weighted by molar-refractivity contribution is 0.0951. The van der Waals surface area contributed by atoms with Crippen molar-refractivity contribution in [3.63, 3.8) is 0 Å². The molecule has 5 nitrogen and oxygen atoms in total. The molecule has 0 spiro atoms. The van der Waals surface area contributed by atoms with Gasteiger partial charge in [0.25, 0.3) is 5.91 Å². The van der Waals surface area contributed by atoms with Crippen LogP contribution in [0.4, 0.5) is 4.39 Å². The Balaban J connectivity index is 1.71. The Morgan fingerprint density at radius 1 is 1.33 bits per heavy atom. The fourth-order valence-corrected chi connectivity index (χ4v) is 8.90. The number of aromatic nitrogens is 2. The maximum atomic E-state index is 15.5. The molecule has 1 amide bonds. The number of hydrogen-bond acceptors (Lipinski definition) is 4. The summed E-state index contributed by atoms with van der Waals surface area (Å²) < 4.78 is 16.1. The number of carbonyl (C=O) groups is 1. The van der Waals surface area contributed by atoms with Crippen LogP contribution in [-0.2, 0) is 5.16 Å². The highest BCUT2D eigenvalue weighted by atomic mass is 127. The number of rotatable bonds is 7. The van der Waals surface area contributed by atoms with Crippen LogP contribution in [-0.4, -0.2) is 28.6 Å². The van der Waals surface area contributed by atoms with E-state index >= 15 is 4.39 Å². The van der Waals surface area contributed by atoms with E-state index in [1.165, 1.54) is 11.3 Å². The van der Waals surface area contributed by atoms with Gasteiger partial charge in [-0.1, -0.05) is 37.9 Å². The summed E-state index contributed by atoms with van der Waals surface area (Å²) in [6.45, 7) is 6.01. The number of nitriles is 1. The number of benzene rings is 1. The molecule has 1 saturated carbocycles. The van der Waals surface area contributed by atoms with Crippen LogP contribution in [0.2, 0.25) is 0 Å².